The Balaban J connectivity index is 1.90. The SMILES string of the molecule is CCC(C)C(NC(=O)c1cnn(CC(=O)NC2CCCCC2)c1)C(=O)O. The van der Waals surface area contributed by atoms with E-state index in [0.29, 0.717) is 6.42 Å². The number of hydrogen-bond acceptors (Lipinski definition) is 4. The second-order valence-corrected chi connectivity index (χ2v) is 7.00. The van der Waals surface area contributed by atoms with Gasteiger partial charge in [-0.1, -0.05) is 39.5 Å². The van der Waals surface area contributed by atoms with E-state index in [2.05, 4.69) is 15.7 Å². The zero-order valence-electron chi connectivity index (χ0n) is 15.4. The van der Waals surface area contributed by atoms with Crippen molar-refractivity contribution < 1.29 is 19.5 Å². The quantitative estimate of drug-likeness (QED) is 0.648. The van der Waals surface area contributed by atoms with Crippen LogP contribution in [-0.2, 0) is 16.1 Å². The van der Waals surface area contributed by atoms with Crippen LogP contribution in [-0.4, -0.2) is 44.8 Å². The molecule has 2 amide bonds. The summed E-state index contributed by atoms with van der Waals surface area (Å²) in [4.78, 5) is 35.7. The van der Waals surface area contributed by atoms with E-state index in [1.807, 2.05) is 6.92 Å². The molecule has 0 radical (unpaired) electrons. The molecule has 26 heavy (non-hydrogen) atoms. The molecule has 1 aromatic heterocycles. The number of amides is 2. The Morgan fingerprint density at radius 1 is 1.31 bits per heavy atom. The predicted octanol–water partition coefficient (Wildman–Crippen LogP) is 1.56. The number of aliphatic carboxylic acids is 1. The van der Waals surface area contributed by atoms with Crippen LogP contribution in [0.4, 0.5) is 0 Å². The van der Waals surface area contributed by atoms with Gasteiger partial charge in [0.25, 0.3) is 5.91 Å². The van der Waals surface area contributed by atoms with Crippen LogP contribution in [0.3, 0.4) is 0 Å². The van der Waals surface area contributed by atoms with Gasteiger partial charge in [0, 0.05) is 12.2 Å². The molecule has 0 saturated heterocycles. The van der Waals surface area contributed by atoms with Crippen molar-refractivity contribution in [3.05, 3.63) is 18.0 Å². The van der Waals surface area contributed by atoms with Crippen LogP contribution < -0.4 is 10.6 Å². The molecular formula is C18H28N4O4. The lowest BCUT2D eigenvalue weighted by molar-refractivity contribution is -0.140. The summed E-state index contributed by atoms with van der Waals surface area (Å²) in [5, 5.41) is 18.8. The fourth-order valence-corrected chi connectivity index (χ4v) is 3.14. The number of carboxylic acid groups (broad SMARTS) is 1. The molecule has 1 fully saturated rings. The summed E-state index contributed by atoms with van der Waals surface area (Å²) >= 11 is 0. The Labute approximate surface area is 153 Å². The van der Waals surface area contributed by atoms with E-state index in [1.165, 1.54) is 23.5 Å². The maximum absolute atomic E-state index is 12.3. The first-order chi connectivity index (χ1) is 12.4. The summed E-state index contributed by atoms with van der Waals surface area (Å²) in [6.07, 6.45) is 8.95. The van der Waals surface area contributed by atoms with Crippen molar-refractivity contribution in [3.8, 4) is 0 Å². The Kier molecular flexibility index (Phi) is 7.17. The number of nitrogens with zero attached hydrogens (tertiary/aromatic N) is 2. The van der Waals surface area contributed by atoms with Crippen LogP contribution >= 0.6 is 0 Å². The molecule has 2 atom stereocenters. The van der Waals surface area contributed by atoms with Crippen molar-refractivity contribution in [2.45, 2.75) is 71.0 Å². The van der Waals surface area contributed by atoms with Gasteiger partial charge in [0.05, 0.1) is 11.8 Å². The van der Waals surface area contributed by atoms with Gasteiger partial charge in [0.1, 0.15) is 12.6 Å². The zero-order chi connectivity index (χ0) is 19.1. The Morgan fingerprint density at radius 3 is 2.62 bits per heavy atom. The van der Waals surface area contributed by atoms with E-state index in [9.17, 15) is 19.5 Å². The minimum absolute atomic E-state index is 0.0392. The van der Waals surface area contributed by atoms with E-state index in [4.69, 9.17) is 0 Å². The largest absolute Gasteiger partial charge is 0.480 e. The molecule has 3 N–H and O–H groups in total. The maximum Gasteiger partial charge on any atom is 0.326 e. The average molecular weight is 364 g/mol. The fraction of sp³-hybridized carbons (Fsp3) is 0.667. The van der Waals surface area contributed by atoms with Crippen LogP contribution in [0.2, 0.25) is 0 Å². The fourth-order valence-electron chi connectivity index (χ4n) is 3.14. The second-order valence-electron chi connectivity index (χ2n) is 7.00. The van der Waals surface area contributed by atoms with Gasteiger partial charge in [-0.15, -0.1) is 0 Å². The van der Waals surface area contributed by atoms with Crippen LogP contribution in [0.25, 0.3) is 0 Å². The number of carbonyl (C=O) groups excluding carboxylic acids is 2. The molecule has 1 saturated carbocycles. The first-order valence-electron chi connectivity index (χ1n) is 9.26. The van der Waals surface area contributed by atoms with E-state index in [1.54, 1.807) is 6.92 Å². The van der Waals surface area contributed by atoms with Gasteiger partial charge in [-0.05, 0) is 18.8 Å². The molecule has 144 valence electrons. The summed E-state index contributed by atoms with van der Waals surface area (Å²) < 4.78 is 1.39. The molecule has 1 aliphatic rings. The Morgan fingerprint density at radius 2 is 2.00 bits per heavy atom. The first kappa shape index (κ1) is 19.9. The summed E-state index contributed by atoms with van der Waals surface area (Å²) in [6, 6.07) is -0.730. The lowest BCUT2D eigenvalue weighted by Gasteiger charge is -2.22. The van der Waals surface area contributed by atoms with Gasteiger partial charge in [-0.2, -0.15) is 5.10 Å². The van der Waals surface area contributed by atoms with Crippen LogP contribution in [0.15, 0.2) is 12.4 Å². The molecule has 8 heteroatoms. The molecule has 0 aliphatic heterocycles. The third-order valence-corrected chi connectivity index (χ3v) is 4.94. The topological polar surface area (TPSA) is 113 Å². The molecule has 0 spiro atoms. The maximum atomic E-state index is 12.3. The highest BCUT2D eigenvalue weighted by atomic mass is 16.4. The van der Waals surface area contributed by atoms with E-state index in [-0.39, 0.29) is 30.0 Å². The minimum Gasteiger partial charge on any atom is -0.480 e. The lowest BCUT2D eigenvalue weighted by Crippen LogP contribution is -2.44. The highest BCUT2D eigenvalue weighted by molar-refractivity contribution is 5.96. The number of rotatable bonds is 8. The monoisotopic (exact) mass is 364 g/mol. The van der Waals surface area contributed by atoms with Gasteiger partial charge in [0.15, 0.2) is 0 Å². The van der Waals surface area contributed by atoms with Gasteiger partial charge < -0.3 is 15.7 Å². The molecule has 1 aliphatic carbocycles. The highest BCUT2D eigenvalue weighted by Gasteiger charge is 2.26. The molecule has 2 unspecified atom stereocenters. The summed E-state index contributed by atoms with van der Waals surface area (Å²) in [7, 11) is 0. The highest BCUT2D eigenvalue weighted by Crippen LogP contribution is 2.17. The molecular weight excluding hydrogens is 336 g/mol. The van der Waals surface area contributed by atoms with Crippen molar-refractivity contribution in [2.24, 2.45) is 5.92 Å². The normalized spacial score (nSPS) is 17.3. The minimum atomic E-state index is -1.06. The molecule has 1 heterocycles. The number of aromatic nitrogens is 2. The zero-order valence-corrected chi connectivity index (χ0v) is 15.4. The van der Waals surface area contributed by atoms with Crippen molar-refractivity contribution in [2.75, 3.05) is 0 Å². The third-order valence-electron chi connectivity index (χ3n) is 4.94. The van der Waals surface area contributed by atoms with Gasteiger partial charge in [-0.25, -0.2) is 4.79 Å². The van der Waals surface area contributed by atoms with Gasteiger partial charge in [-0.3, -0.25) is 14.3 Å². The summed E-state index contributed by atoms with van der Waals surface area (Å²) in [5.74, 6) is -1.88. The van der Waals surface area contributed by atoms with E-state index < -0.39 is 17.9 Å². The average Bonchev–Trinajstić information content (AvgIpc) is 3.07. The third kappa shape index (κ3) is 5.57. The lowest BCUT2D eigenvalue weighted by atomic mass is 9.95. The van der Waals surface area contributed by atoms with Crippen molar-refractivity contribution in [1.29, 1.82) is 0 Å². The van der Waals surface area contributed by atoms with Crippen LogP contribution in [0, 0.1) is 5.92 Å². The van der Waals surface area contributed by atoms with Crippen LogP contribution in [0.5, 0.6) is 0 Å². The Bertz CT molecular complexity index is 637. The standard InChI is InChI=1S/C18H28N4O4/c1-3-12(2)16(18(25)26)21-17(24)13-9-19-22(10-13)11-15(23)20-14-7-5-4-6-8-14/h9-10,12,14,16H,3-8,11H2,1-2H3,(H,20,23)(H,21,24)(H,25,26). The summed E-state index contributed by atoms with van der Waals surface area (Å²) in [5.41, 5.74) is 0.241. The number of nitrogens with one attached hydrogen (secondary N) is 2. The molecule has 2 rings (SSSR count). The van der Waals surface area contributed by atoms with Crippen molar-refractivity contribution in [1.82, 2.24) is 20.4 Å². The number of hydrogen-bond donors (Lipinski definition) is 3. The second kappa shape index (κ2) is 9.35. The predicted molar refractivity (Wildman–Crippen MR) is 95.6 cm³/mol. The Hall–Kier alpha value is -2.38. The first-order valence-corrected chi connectivity index (χ1v) is 9.26. The number of carbonyl (C=O) groups is 3. The van der Waals surface area contributed by atoms with Gasteiger partial charge in [0.2, 0.25) is 5.91 Å². The van der Waals surface area contributed by atoms with Crippen LogP contribution in [0.1, 0.15) is 62.7 Å². The molecule has 1 aromatic rings. The molecule has 0 aromatic carbocycles. The van der Waals surface area contributed by atoms with E-state index in [0.717, 1.165) is 25.7 Å². The summed E-state index contributed by atoms with van der Waals surface area (Å²) in [6.45, 7) is 3.69. The number of carboxylic acids is 1. The smallest absolute Gasteiger partial charge is 0.326 e. The van der Waals surface area contributed by atoms with Gasteiger partial charge >= 0.3 is 5.97 Å². The van der Waals surface area contributed by atoms with Crippen molar-refractivity contribution >= 4 is 17.8 Å². The van der Waals surface area contributed by atoms with E-state index >= 15 is 0 Å². The van der Waals surface area contributed by atoms with Crippen molar-refractivity contribution in [3.63, 3.8) is 0 Å². The molecule has 8 nitrogen and oxygen atoms in total. The molecule has 0 bridgehead atoms.